The molecule has 2 unspecified atom stereocenters. The van der Waals surface area contributed by atoms with Gasteiger partial charge in [0, 0.05) is 12.3 Å². The van der Waals surface area contributed by atoms with Gasteiger partial charge < -0.3 is 0 Å². The highest BCUT2D eigenvalue weighted by atomic mass is 16.1. The normalized spacial score (nSPS) is 31.2. The van der Waals surface area contributed by atoms with Crippen LogP contribution in [0.1, 0.15) is 45.4 Å². The van der Waals surface area contributed by atoms with Crippen LogP contribution >= 0.6 is 0 Å². The fourth-order valence-electron chi connectivity index (χ4n) is 2.58. The van der Waals surface area contributed by atoms with Crippen molar-refractivity contribution < 1.29 is 4.79 Å². The van der Waals surface area contributed by atoms with Gasteiger partial charge in [0.2, 0.25) is 0 Å². The molecule has 0 heterocycles. The molecular formula is C12H18O. The first kappa shape index (κ1) is 8.98. The highest BCUT2D eigenvalue weighted by Gasteiger charge is 2.41. The van der Waals surface area contributed by atoms with Crippen LogP contribution in [-0.4, -0.2) is 5.78 Å². The molecule has 2 aliphatic carbocycles. The van der Waals surface area contributed by atoms with E-state index in [1.807, 2.05) is 0 Å². The maximum absolute atomic E-state index is 11.3. The lowest BCUT2D eigenvalue weighted by Gasteiger charge is -2.29. The summed E-state index contributed by atoms with van der Waals surface area (Å²) < 4.78 is 0. The van der Waals surface area contributed by atoms with Gasteiger partial charge in [-0.05, 0) is 25.2 Å². The van der Waals surface area contributed by atoms with E-state index in [0.29, 0.717) is 17.6 Å². The van der Waals surface area contributed by atoms with Gasteiger partial charge >= 0.3 is 0 Å². The zero-order chi connectivity index (χ0) is 9.26. The van der Waals surface area contributed by atoms with E-state index in [-0.39, 0.29) is 0 Å². The largest absolute Gasteiger partial charge is 0.299 e. The molecule has 1 heteroatoms. The number of unbranched alkanes of at least 4 members (excludes halogenated alkanes) is 2. The molecule has 1 nitrogen and oxygen atoms in total. The van der Waals surface area contributed by atoms with Crippen LogP contribution in [0.3, 0.4) is 0 Å². The summed E-state index contributed by atoms with van der Waals surface area (Å²) in [5.74, 6) is 1.50. The lowest BCUT2D eigenvalue weighted by Crippen LogP contribution is -2.23. The Hall–Kier alpha value is -0.590. The smallest absolute Gasteiger partial charge is 0.140 e. The summed E-state index contributed by atoms with van der Waals surface area (Å²) in [5, 5.41) is 0. The molecule has 72 valence electrons. The quantitative estimate of drug-likeness (QED) is 0.477. The average Bonchev–Trinajstić information content (AvgIpc) is 2.36. The number of rotatable bonds is 4. The first-order valence-electron chi connectivity index (χ1n) is 5.56. The fourth-order valence-corrected chi connectivity index (χ4v) is 2.58. The molecule has 0 spiro atoms. The van der Waals surface area contributed by atoms with Crippen LogP contribution in [0.4, 0.5) is 0 Å². The average molecular weight is 178 g/mol. The lowest BCUT2D eigenvalue weighted by molar-refractivity contribution is -0.120. The Balaban J connectivity index is 1.81. The molecule has 0 amide bonds. The van der Waals surface area contributed by atoms with Gasteiger partial charge in [-0.1, -0.05) is 31.4 Å². The predicted octanol–water partition coefficient (Wildman–Crippen LogP) is 3.10. The van der Waals surface area contributed by atoms with E-state index in [2.05, 4.69) is 13.0 Å². The number of hydrogen-bond donors (Lipinski definition) is 0. The van der Waals surface area contributed by atoms with Crippen molar-refractivity contribution in [3.05, 3.63) is 11.6 Å². The highest BCUT2D eigenvalue weighted by Crippen LogP contribution is 2.45. The summed E-state index contributed by atoms with van der Waals surface area (Å²) in [7, 11) is 0. The van der Waals surface area contributed by atoms with E-state index in [4.69, 9.17) is 0 Å². The Morgan fingerprint density at radius 1 is 1.46 bits per heavy atom. The number of Topliss-reactive ketones (excluding diaryl/α,β-unsaturated/α-hetero) is 1. The molecule has 2 aliphatic rings. The maximum Gasteiger partial charge on any atom is 0.140 e. The molecule has 2 atom stereocenters. The fraction of sp³-hybridized carbons (Fsp3) is 0.750. The second-order valence-corrected chi connectivity index (χ2v) is 4.34. The van der Waals surface area contributed by atoms with Crippen LogP contribution in [0.15, 0.2) is 11.6 Å². The maximum atomic E-state index is 11.3. The van der Waals surface area contributed by atoms with Crippen molar-refractivity contribution in [1.82, 2.24) is 0 Å². The van der Waals surface area contributed by atoms with Crippen molar-refractivity contribution >= 4 is 5.78 Å². The molecule has 0 radical (unpaired) electrons. The third kappa shape index (κ3) is 1.56. The van der Waals surface area contributed by atoms with Crippen LogP contribution in [-0.2, 0) is 4.79 Å². The number of allylic oxidation sites excluding steroid dienone is 2. The SMILES string of the molecule is CCCCCC1=CC2C(=O)CCC12. The van der Waals surface area contributed by atoms with Crippen molar-refractivity contribution in [2.45, 2.75) is 45.4 Å². The molecule has 0 aromatic rings. The van der Waals surface area contributed by atoms with Crippen molar-refractivity contribution in [1.29, 1.82) is 0 Å². The van der Waals surface area contributed by atoms with E-state index in [1.54, 1.807) is 5.57 Å². The molecule has 1 fully saturated rings. The van der Waals surface area contributed by atoms with Crippen LogP contribution < -0.4 is 0 Å². The van der Waals surface area contributed by atoms with E-state index in [1.165, 1.54) is 25.7 Å². The lowest BCUT2D eigenvalue weighted by atomic mass is 9.75. The minimum atomic E-state index is 0.344. The first-order valence-corrected chi connectivity index (χ1v) is 5.56. The Morgan fingerprint density at radius 3 is 3.00 bits per heavy atom. The van der Waals surface area contributed by atoms with Crippen molar-refractivity contribution in [3.63, 3.8) is 0 Å². The molecule has 0 N–H and O–H groups in total. The summed E-state index contributed by atoms with van der Waals surface area (Å²) in [6.45, 7) is 2.23. The third-order valence-corrected chi connectivity index (χ3v) is 3.45. The molecule has 0 bridgehead atoms. The molecule has 1 saturated carbocycles. The van der Waals surface area contributed by atoms with Crippen molar-refractivity contribution in [3.8, 4) is 0 Å². The van der Waals surface area contributed by atoms with Gasteiger partial charge in [0.05, 0.1) is 0 Å². The minimum absolute atomic E-state index is 0.344. The van der Waals surface area contributed by atoms with Crippen molar-refractivity contribution in [2.75, 3.05) is 0 Å². The zero-order valence-electron chi connectivity index (χ0n) is 8.38. The topological polar surface area (TPSA) is 17.1 Å². The number of carbonyl (C=O) groups is 1. The Bertz CT molecular complexity index is 240. The summed E-state index contributed by atoms with van der Waals surface area (Å²) in [6.07, 6.45) is 9.41. The van der Waals surface area contributed by atoms with Crippen LogP contribution in [0.25, 0.3) is 0 Å². The van der Waals surface area contributed by atoms with Gasteiger partial charge in [-0.2, -0.15) is 0 Å². The van der Waals surface area contributed by atoms with Gasteiger partial charge in [-0.3, -0.25) is 4.79 Å². The van der Waals surface area contributed by atoms with Crippen LogP contribution in [0.5, 0.6) is 0 Å². The zero-order valence-corrected chi connectivity index (χ0v) is 8.38. The van der Waals surface area contributed by atoms with Crippen molar-refractivity contribution in [2.24, 2.45) is 11.8 Å². The third-order valence-electron chi connectivity index (χ3n) is 3.45. The van der Waals surface area contributed by atoms with E-state index >= 15 is 0 Å². The molecule has 0 saturated heterocycles. The van der Waals surface area contributed by atoms with E-state index < -0.39 is 0 Å². The molecule has 0 aromatic heterocycles. The molecular weight excluding hydrogens is 160 g/mol. The molecule has 2 rings (SSSR count). The molecule has 0 aromatic carbocycles. The van der Waals surface area contributed by atoms with Gasteiger partial charge in [-0.15, -0.1) is 0 Å². The van der Waals surface area contributed by atoms with E-state index in [9.17, 15) is 4.79 Å². The monoisotopic (exact) mass is 178 g/mol. The second kappa shape index (κ2) is 3.65. The summed E-state index contributed by atoms with van der Waals surface area (Å²) >= 11 is 0. The second-order valence-electron chi connectivity index (χ2n) is 4.34. The van der Waals surface area contributed by atoms with Gasteiger partial charge in [0.15, 0.2) is 0 Å². The molecule has 0 aliphatic heterocycles. The summed E-state index contributed by atoms with van der Waals surface area (Å²) in [5.41, 5.74) is 1.59. The summed E-state index contributed by atoms with van der Waals surface area (Å²) in [6, 6.07) is 0. The Labute approximate surface area is 80.2 Å². The first-order chi connectivity index (χ1) is 6.33. The van der Waals surface area contributed by atoms with E-state index in [0.717, 1.165) is 12.8 Å². The predicted molar refractivity (Wildman–Crippen MR) is 53.4 cm³/mol. The minimum Gasteiger partial charge on any atom is -0.299 e. The standard InChI is InChI=1S/C12H18O/c1-2-3-4-5-9-8-11-10(9)6-7-12(11)13/h8,10-11H,2-7H2,1H3. The number of ketones is 1. The number of carbonyl (C=O) groups excluding carboxylic acids is 1. The summed E-state index contributed by atoms with van der Waals surface area (Å²) in [4.78, 5) is 11.3. The van der Waals surface area contributed by atoms with Gasteiger partial charge in [0.25, 0.3) is 0 Å². The Morgan fingerprint density at radius 2 is 2.31 bits per heavy atom. The van der Waals surface area contributed by atoms with Gasteiger partial charge in [-0.25, -0.2) is 0 Å². The highest BCUT2D eigenvalue weighted by molar-refractivity contribution is 5.87. The number of fused-ring (bicyclic) bond motifs is 1. The van der Waals surface area contributed by atoms with Crippen LogP contribution in [0, 0.1) is 11.8 Å². The Kier molecular flexibility index (Phi) is 2.52. The van der Waals surface area contributed by atoms with Crippen LogP contribution in [0.2, 0.25) is 0 Å². The number of hydrogen-bond acceptors (Lipinski definition) is 1. The molecule has 13 heavy (non-hydrogen) atoms. The van der Waals surface area contributed by atoms with Gasteiger partial charge in [0.1, 0.15) is 5.78 Å².